The fraction of sp³-hybridized carbons (Fsp3) is 0.417. The Bertz CT molecular complexity index is 754. The molecule has 0 saturated carbocycles. The van der Waals surface area contributed by atoms with Crippen molar-refractivity contribution in [3.63, 3.8) is 0 Å². The molecule has 0 saturated heterocycles. The zero-order valence-corrected chi connectivity index (χ0v) is 17.4. The molecule has 2 aromatic rings. The van der Waals surface area contributed by atoms with Crippen molar-refractivity contribution >= 4 is 11.8 Å². The van der Waals surface area contributed by atoms with Crippen LogP contribution >= 0.6 is 0 Å². The van der Waals surface area contributed by atoms with Gasteiger partial charge in [0.2, 0.25) is 11.8 Å². The Labute approximate surface area is 169 Å². The average molecular weight is 381 g/mol. The summed E-state index contributed by atoms with van der Waals surface area (Å²) < 4.78 is 0. The zero-order valence-electron chi connectivity index (χ0n) is 17.4. The number of hydrogen-bond donors (Lipinski definition) is 1. The van der Waals surface area contributed by atoms with Gasteiger partial charge in [-0.15, -0.1) is 0 Å². The number of hydrogen-bond acceptors (Lipinski definition) is 2. The van der Waals surface area contributed by atoms with Gasteiger partial charge in [-0.3, -0.25) is 9.59 Å². The molecule has 0 unspecified atom stereocenters. The lowest BCUT2D eigenvalue weighted by Gasteiger charge is -2.28. The van der Waals surface area contributed by atoms with E-state index >= 15 is 0 Å². The van der Waals surface area contributed by atoms with Gasteiger partial charge in [-0.25, -0.2) is 0 Å². The Hall–Kier alpha value is -2.62. The van der Waals surface area contributed by atoms with E-state index in [4.69, 9.17) is 0 Å². The first-order valence-corrected chi connectivity index (χ1v) is 10.1. The van der Waals surface area contributed by atoms with Crippen LogP contribution in [0, 0.1) is 0 Å². The molecule has 0 fully saturated rings. The molecule has 4 nitrogen and oxygen atoms in total. The molecule has 0 spiro atoms. The first-order valence-electron chi connectivity index (χ1n) is 10.1. The molecule has 150 valence electrons. The third kappa shape index (κ3) is 6.22. The summed E-state index contributed by atoms with van der Waals surface area (Å²) in [5, 5.41) is 2.66. The molecule has 0 aliphatic rings. The average Bonchev–Trinajstić information content (AvgIpc) is 2.72. The summed E-state index contributed by atoms with van der Waals surface area (Å²) in [6, 6.07) is 18.0. The molecule has 0 aliphatic heterocycles. The van der Waals surface area contributed by atoms with E-state index in [1.807, 2.05) is 30.3 Å². The standard InChI is InChI=1S/C24H32N2O2/c1-18(2)22-13-10-21(11-14-22)12-15-23(27)26(19(3)24(28)25-4)17-16-20-8-6-5-7-9-20/h5-11,13-14,18-19H,12,15-17H2,1-4H3,(H,25,28)/t19-/m0/s1. The number of carbonyl (C=O) groups excluding carboxylic acids is 2. The Morgan fingerprint density at radius 3 is 2.07 bits per heavy atom. The minimum atomic E-state index is -0.482. The number of amides is 2. The van der Waals surface area contributed by atoms with Crippen LogP contribution in [0.25, 0.3) is 0 Å². The summed E-state index contributed by atoms with van der Waals surface area (Å²) in [5.41, 5.74) is 3.61. The van der Waals surface area contributed by atoms with Crippen molar-refractivity contribution in [2.45, 2.75) is 52.0 Å². The summed E-state index contributed by atoms with van der Waals surface area (Å²) >= 11 is 0. The Morgan fingerprint density at radius 2 is 1.50 bits per heavy atom. The first kappa shape index (κ1) is 21.7. The van der Waals surface area contributed by atoms with Crippen molar-refractivity contribution < 1.29 is 9.59 Å². The minimum Gasteiger partial charge on any atom is -0.357 e. The van der Waals surface area contributed by atoms with Crippen LogP contribution in [0.3, 0.4) is 0 Å². The highest BCUT2D eigenvalue weighted by molar-refractivity contribution is 5.87. The SMILES string of the molecule is CNC(=O)[C@H](C)N(CCc1ccccc1)C(=O)CCc1ccc(C(C)C)cc1. The van der Waals surface area contributed by atoms with Crippen LogP contribution in [0.1, 0.15) is 49.8 Å². The predicted octanol–water partition coefficient (Wildman–Crippen LogP) is 3.95. The van der Waals surface area contributed by atoms with Crippen molar-refractivity contribution in [2.24, 2.45) is 0 Å². The second kappa shape index (κ2) is 10.6. The van der Waals surface area contributed by atoms with Gasteiger partial charge in [-0.1, -0.05) is 68.4 Å². The highest BCUT2D eigenvalue weighted by Crippen LogP contribution is 2.16. The quantitative estimate of drug-likeness (QED) is 0.716. The summed E-state index contributed by atoms with van der Waals surface area (Å²) in [6.07, 6.45) is 1.81. The molecule has 2 rings (SSSR count). The molecule has 1 N–H and O–H groups in total. The van der Waals surface area contributed by atoms with Gasteiger partial charge in [0, 0.05) is 20.0 Å². The lowest BCUT2D eigenvalue weighted by atomic mass is 10.00. The normalized spacial score (nSPS) is 11.9. The largest absolute Gasteiger partial charge is 0.357 e. The number of benzene rings is 2. The van der Waals surface area contributed by atoms with Crippen LogP contribution in [-0.2, 0) is 22.4 Å². The molecule has 4 heteroatoms. The van der Waals surface area contributed by atoms with Gasteiger partial charge in [0.15, 0.2) is 0 Å². The predicted molar refractivity (Wildman–Crippen MR) is 114 cm³/mol. The number of nitrogens with zero attached hydrogens (tertiary/aromatic N) is 1. The van der Waals surface area contributed by atoms with Crippen LogP contribution in [0.2, 0.25) is 0 Å². The highest BCUT2D eigenvalue weighted by Gasteiger charge is 2.24. The van der Waals surface area contributed by atoms with Crippen LogP contribution in [0.5, 0.6) is 0 Å². The van der Waals surface area contributed by atoms with Crippen molar-refractivity contribution in [3.05, 3.63) is 71.3 Å². The second-order valence-electron chi connectivity index (χ2n) is 7.51. The van der Waals surface area contributed by atoms with E-state index in [2.05, 4.69) is 43.4 Å². The molecular formula is C24H32N2O2. The maximum atomic E-state index is 12.9. The van der Waals surface area contributed by atoms with Crippen molar-refractivity contribution in [1.29, 1.82) is 0 Å². The fourth-order valence-electron chi connectivity index (χ4n) is 3.24. The van der Waals surface area contributed by atoms with E-state index in [1.54, 1.807) is 18.9 Å². The van der Waals surface area contributed by atoms with Gasteiger partial charge >= 0.3 is 0 Å². The minimum absolute atomic E-state index is 0.0139. The number of nitrogens with one attached hydrogen (secondary N) is 1. The van der Waals surface area contributed by atoms with Gasteiger partial charge < -0.3 is 10.2 Å². The molecule has 0 aliphatic carbocycles. The van der Waals surface area contributed by atoms with Gasteiger partial charge in [0.1, 0.15) is 6.04 Å². The van der Waals surface area contributed by atoms with E-state index in [0.717, 1.165) is 17.5 Å². The van der Waals surface area contributed by atoms with Crippen LogP contribution in [-0.4, -0.2) is 36.3 Å². The van der Waals surface area contributed by atoms with Crippen LogP contribution in [0.4, 0.5) is 0 Å². The van der Waals surface area contributed by atoms with Crippen molar-refractivity contribution in [2.75, 3.05) is 13.6 Å². The monoisotopic (exact) mass is 380 g/mol. The molecule has 2 amide bonds. The van der Waals surface area contributed by atoms with E-state index < -0.39 is 6.04 Å². The maximum absolute atomic E-state index is 12.9. The van der Waals surface area contributed by atoms with E-state index in [1.165, 1.54) is 5.56 Å². The van der Waals surface area contributed by atoms with E-state index in [9.17, 15) is 9.59 Å². The summed E-state index contributed by atoms with van der Waals surface area (Å²) in [7, 11) is 1.61. The third-order valence-electron chi connectivity index (χ3n) is 5.17. The van der Waals surface area contributed by atoms with Crippen LogP contribution in [0.15, 0.2) is 54.6 Å². The molecule has 0 radical (unpaired) electrons. The molecule has 28 heavy (non-hydrogen) atoms. The summed E-state index contributed by atoms with van der Waals surface area (Å²) in [4.78, 5) is 26.8. The molecular weight excluding hydrogens is 348 g/mol. The topological polar surface area (TPSA) is 49.4 Å². The summed E-state index contributed by atoms with van der Waals surface area (Å²) in [6.45, 7) is 6.66. The Kier molecular flexibility index (Phi) is 8.24. The number of likely N-dealkylation sites (N-methyl/N-ethyl adjacent to an activating group) is 1. The van der Waals surface area contributed by atoms with E-state index in [-0.39, 0.29) is 11.8 Å². The maximum Gasteiger partial charge on any atom is 0.242 e. The Morgan fingerprint density at radius 1 is 0.893 bits per heavy atom. The second-order valence-corrected chi connectivity index (χ2v) is 7.51. The van der Waals surface area contributed by atoms with Gasteiger partial charge in [0.25, 0.3) is 0 Å². The number of carbonyl (C=O) groups is 2. The Balaban J connectivity index is 2.01. The van der Waals surface area contributed by atoms with Crippen molar-refractivity contribution in [1.82, 2.24) is 10.2 Å². The first-order chi connectivity index (χ1) is 13.4. The molecule has 2 aromatic carbocycles. The smallest absolute Gasteiger partial charge is 0.242 e. The van der Waals surface area contributed by atoms with Gasteiger partial charge in [-0.05, 0) is 42.4 Å². The molecule has 0 heterocycles. The highest BCUT2D eigenvalue weighted by atomic mass is 16.2. The number of aryl methyl sites for hydroxylation is 1. The van der Waals surface area contributed by atoms with Crippen LogP contribution < -0.4 is 5.32 Å². The van der Waals surface area contributed by atoms with Crippen molar-refractivity contribution in [3.8, 4) is 0 Å². The molecule has 0 aromatic heterocycles. The molecule has 1 atom stereocenters. The van der Waals surface area contributed by atoms with Gasteiger partial charge in [0.05, 0.1) is 0 Å². The molecule has 0 bridgehead atoms. The lowest BCUT2D eigenvalue weighted by molar-refractivity contribution is -0.139. The fourth-order valence-corrected chi connectivity index (χ4v) is 3.24. The number of rotatable bonds is 9. The van der Waals surface area contributed by atoms with E-state index in [0.29, 0.717) is 25.3 Å². The third-order valence-corrected chi connectivity index (χ3v) is 5.17. The zero-order chi connectivity index (χ0) is 20.5. The lowest BCUT2D eigenvalue weighted by Crippen LogP contribution is -2.48. The van der Waals surface area contributed by atoms with Gasteiger partial charge in [-0.2, -0.15) is 0 Å². The summed E-state index contributed by atoms with van der Waals surface area (Å²) in [5.74, 6) is 0.375.